The minimum Gasteiger partial charge on any atom is -0.299 e. The topological polar surface area (TPSA) is 44.0 Å². The molecule has 0 saturated carbocycles. The lowest BCUT2D eigenvalue weighted by Gasteiger charge is -2.10. The van der Waals surface area contributed by atoms with Crippen molar-refractivity contribution < 1.29 is 0 Å². The average Bonchev–Trinajstić information content (AvgIpc) is 2.46. The second-order valence-electron chi connectivity index (χ2n) is 4.65. The van der Waals surface area contributed by atoms with Crippen molar-refractivity contribution in [3.63, 3.8) is 0 Å². The Bertz CT molecular complexity index is 689. The summed E-state index contributed by atoms with van der Waals surface area (Å²) >= 11 is 1.99. The quantitative estimate of drug-likeness (QED) is 0.743. The molecule has 4 nitrogen and oxygen atoms in total. The summed E-state index contributed by atoms with van der Waals surface area (Å²) in [4.78, 5) is 24.4. The Morgan fingerprint density at radius 2 is 1.80 bits per heavy atom. The fourth-order valence-corrected chi connectivity index (χ4v) is 2.73. The number of benzene rings is 1. The molecule has 0 fully saturated rings. The average molecular weight is 384 g/mol. The summed E-state index contributed by atoms with van der Waals surface area (Å²) in [6.07, 6.45) is 3.20. The number of hydrogen-bond donors (Lipinski definition) is 0. The molecule has 0 N–H and O–H groups in total. The fourth-order valence-electron chi connectivity index (χ4n) is 2.10. The molecule has 1 heterocycles. The maximum Gasteiger partial charge on any atom is 0.331 e. The Labute approximate surface area is 131 Å². The molecule has 0 spiro atoms. The van der Waals surface area contributed by atoms with Crippen LogP contribution in [0.25, 0.3) is 0 Å². The molecule has 0 aliphatic carbocycles. The molecule has 0 saturated heterocycles. The lowest BCUT2D eigenvalue weighted by molar-refractivity contribution is 0.541. The van der Waals surface area contributed by atoms with Crippen LogP contribution in [0.1, 0.15) is 18.9 Å². The van der Waals surface area contributed by atoms with E-state index in [0.29, 0.717) is 23.1 Å². The van der Waals surface area contributed by atoms with Gasteiger partial charge in [0.25, 0.3) is 5.56 Å². The number of aromatic nitrogens is 2. The van der Waals surface area contributed by atoms with Gasteiger partial charge in [-0.2, -0.15) is 0 Å². The molecule has 0 radical (unpaired) electrons. The lowest BCUT2D eigenvalue weighted by Crippen LogP contribution is -2.41. The van der Waals surface area contributed by atoms with E-state index in [4.69, 9.17) is 0 Å². The van der Waals surface area contributed by atoms with E-state index in [2.05, 4.69) is 0 Å². The molecule has 2 rings (SSSR count). The maximum absolute atomic E-state index is 12.3. The zero-order chi connectivity index (χ0) is 14.5. The van der Waals surface area contributed by atoms with Crippen LogP contribution in [0.15, 0.2) is 46.1 Å². The molecular weight excluding hydrogens is 367 g/mol. The molecule has 2 aromatic rings. The first-order valence-corrected chi connectivity index (χ1v) is 7.75. The van der Waals surface area contributed by atoms with Gasteiger partial charge in [-0.15, -0.1) is 0 Å². The first-order chi connectivity index (χ1) is 9.63. The first kappa shape index (κ1) is 15.0. The van der Waals surface area contributed by atoms with E-state index in [1.54, 1.807) is 10.8 Å². The molecule has 0 amide bonds. The van der Waals surface area contributed by atoms with Crippen molar-refractivity contribution in [1.82, 2.24) is 9.13 Å². The summed E-state index contributed by atoms with van der Waals surface area (Å²) in [6, 6.07) is 9.88. The van der Waals surface area contributed by atoms with E-state index in [9.17, 15) is 9.59 Å². The molecule has 0 atom stereocenters. The predicted molar refractivity (Wildman–Crippen MR) is 88.1 cm³/mol. The monoisotopic (exact) mass is 384 g/mol. The molecule has 20 heavy (non-hydrogen) atoms. The van der Waals surface area contributed by atoms with Gasteiger partial charge < -0.3 is 0 Å². The van der Waals surface area contributed by atoms with Crippen molar-refractivity contribution >= 4 is 22.6 Å². The third-order valence-electron chi connectivity index (χ3n) is 3.13. The Hall–Kier alpha value is -1.37. The Kier molecular flexibility index (Phi) is 5.17. The fraction of sp³-hybridized carbons (Fsp3) is 0.333. The van der Waals surface area contributed by atoms with Crippen LogP contribution in [-0.4, -0.2) is 9.13 Å². The zero-order valence-electron chi connectivity index (χ0n) is 11.4. The smallest absolute Gasteiger partial charge is 0.299 e. The van der Waals surface area contributed by atoms with E-state index in [1.807, 2.05) is 59.8 Å². The van der Waals surface area contributed by atoms with Crippen molar-refractivity contribution in [2.45, 2.75) is 32.9 Å². The van der Waals surface area contributed by atoms with Crippen molar-refractivity contribution in [2.75, 3.05) is 0 Å². The van der Waals surface area contributed by atoms with Crippen LogP contribution in [0.5, 0.6) is 0 Å². The van der Waals surface area contributed by atoms with E-state index >= 15 is 0 Å². The van der Waals surface area contributed by atoms with Crippen LogP contribution in [0.2, 0.25) is 0 Å². The maximum atomic E-state index is 12.3. The van der Waals surface area contributed by atoms with Gasteiger partial charge in [-0.05, 0) is 41.0 Å². The molecule has 0 bridgehead atoms. The predicted octanol–water partition coefficient (Wildman–Crippen LogP) is 2.27. The number of hydrogen-bond acceptors (Lipinski definition) is 2. The molecule has 1 aromatic carbocycles. The van der Waals surface area contributed by atoms with Crippen molar-refractivity contribution in [3.8, 4) is 0 Å². The van der Waals surface area contributed by atoms with Gasteiger partial charge in [0.05, 0.1) is 3.57 Å². The van der Waals surface area contributed by atoms with Crippen LogP contribution in [-0.2, 0) is 19.5 Å². The standard InChI is InChI=1S/C15H17IN2O2/c1-2-9-17-11-13(16)14(19)18(15(17)20)10-8-12-6-4-3-5-7-12/h3-7,11H,2,8-10H2,1H3. The van der Waals surface area contributed by atoms with Gasteiger partial charge in [0, 0.05) is 19.3 Å². The van der Waals surface area contributed by atoms with Crippen LogP contribution < -0.4 is 11.2 Å². The normalized spacial score (nSPS) is 10.7. The molecule has 106 valence electrons. The van der Waals surface area contributed by atoms with Gasteiger partial charge in [0.15, 0.2) is 0 Å². The second kappa shape index (κ2) is 6.88. The number of aryl methyl sites for hydroxylation is 2. The summed E-state index contributed by atoms with van der Waals surface area (Å²) in [5.74, 6) is 0. The number of rotatable bonds is 5. The molecule has 5 heteroatoms. The summed E-state index contributed by atoms with van der Waals surface area (Å²) in [6.45, 7) is 3.07. The van der Waals surface area contributed by atoms with Gasteiger partial charge in [0.2, 0.25) is 0 Å². The zero-order valence-corrected chi connectivity index (χ0v) is 13.5. The summed E-state index contributed by atoms with van der Waals surface area (Å²) < 4.78 is 3.54. The molecular formula is C15H17IN2O2. The Balaban J connectivity index is 2.31. The van der Waals surface area contributed by atoms with Gasteiger partial charge in [-0.25, -0.2) is 4.79 Å². The minimum absolute atomic E-state index is 0.195. The van der Waals surface area contributed by atoms with E-state index in [-0.39, 0.29) is 11.2 Å². The highest BCUT2D eigenvalue weighted by Gasteiger charge is 2.09. The first-order valence-electron chi connectivity index (χ1n) is 6.67. The summed E-state index contributed by atoms with van der Waals surface area (Å²) in [7, 11) is 0. The summed E-state index contributed by atoms with van der Waals surface area (Å²) in [5, 5.41) is 0. The van der Waals surface area contributed by atoms with E-state index in [1.165, 1.54) is 4.57 Å². The van der Waals surface area contributed by atoms with Crippen LogP contribution in [0.3, 0.4) is 0 Å². The SMILES string of the molecule is CCCn1cc(I)c(=O)n(CCc2ccccc2)c1=O. The van der Waals surface area contributed by atoms with Crippen molar-refractivity contribution in [3.05, 3.63) is 66.5 Å². The lowest BCUT2D eigenvalue weighted by atomic mass is 10.1. The van der Waals surface area contributed by atoms with Gasteiger partial charge in [0.1, 0.15) is 0 Å². The van der Waals surface area contributed by atoms with Gasteiger partial charge >= 0.3 is 5.69 Å². The highest BCUT2D eigenvalue weighted by Crippen LogP contribution is 2.01. The largest absolute Gasteiger partial charge is 0.331 e. The highest BCUT2D eigenvalue weighted by molar-refractivity contribution is 14.1. The van der Waals surface area contributed by atoms with Crippen molar-refractivity contribution in [1.29, 1.82) is 0 Å². The minimum atomic E-state index is -0.215. The van der Waals surface area contributed by atoms with Crippen molar-refractivity contribution in [2.24, 2.45) is 0 Å². The van der Waals surface area contributed by atoms with Gasteiger partial charge in [-0.1, -0.05) is 37.3 Å². The van der Waals surface area contributed by atoms with Crippen LogP contribution >= 0.6 is 22.6 Å². The highest BCUT2D eigenvalue weighted by atomic mass is 127. The molecule has 0 aliphatic heterocycles. The Morgan fingerprint density at radius 3 is 2.45 bits per heavy atom. The van der Waals surface area contributed by atoms with Crippen LogP contribution in [0, 0.1) is 3.57 Å². The Morgan fingerprint density at radius 1 is 1.10 bits per heavy atom. The molecule has 0 unspecified atom stereocenters. The third kappa shape index (κ3) is 3.39. The number of halogens is 1. The van der Waals surface area contributed by atoms with Crippen LogP contribution in [0.4, 0.5) is 0 Å². The number of nitrogens with zero attached hydrogens (tertiary/aromatic N) is 2. The summed E-state index contributed by atoms with van der Waals surface area (Å²) in [5.41, 5.74) is 0.715. The van der Waals surface area contributed by atoms with E-state index in [0.717, 1.165) is 12.0 Å². The third-order valence-corrected chi connectivity index (χ3v) is 3.87. The van der Waals surface area contributed by atoms with E-state index < -0.39 is 0 Å². The molecule has 1 aromatic heterocycles. The molecule has 0 aliphatic rings. The second-order valence-corrected chi connectivity index (χ2v) is 5.81. The van der Waals surface area contributed by atoms with Gasteiger partial charge in [-0.3, -0.25) is 13.9 Å².